The van der Waals surface area contributed by atoms with E-state index in [2.05, 4.69) is 16.8 Å². The van der Waals surface area contributed by atoms with Gasteiger partial charge in [-0.05, 0) is 92.9 Å². The van der Waals surface area contributed by atoms with Crippen LogP contribution in [0, 0.1) is 6.92 Å². The number of nitrogens with one attached hydrogen (secondary N) is 1. The summed E-state index contributed by atoms with van der Waals surface area (Å²) in [5, 5.41) is 15.5. The molecule has 0 fully saturated rings. The molecule has 0 radical (unpaired) electrons. The Balaban J connectivity index is 1.31. The van der Waals surface area contributed by atoms with Crippen LogP contribution in [0.15, 0.2) is 46.8 Å². The molecule has 2 aromatic heterocycles. The number of alkyl halides is 3. The summed E-state index contributed by atoms with van der Waals surface area (Å²) in [6.45, 7) is 7.22. The number of sulfone groups is 1. The molecule has 2 heterocycles. The maximum absolute atomic E-state index is 13.1. The van der Waals surface area contributed by atoms with E-state index in [0.29, 0.717) is 47.3 Å². The van der Waals surface area contributed by atoms with Crippen molar-refractivity contribution in [2.45, 2.75) is 69.5 Å². The number of nitrogens with zero attached hydrogens (tertiary/aromatic N) is 1. The maximum atomic E-state index is 13.1. The Hall–Kier alpha value is -3.09. The highest BCUT2D eigenvalue weighted by Gasteiger charge is 2.31. The molecule has 4 aromatic rings. The second kappa shape index (κ2) is 13.0. The fraction of sp³-hybridized carbons (Fsp3) is 0.433. The molecule has 1 atom stereocenters. The van der Waals surface area contributed by atoms with Crippen molar-refractivity contribution in [3.8, 4) is 5.75 Å². The lowest BCUT2D eigenvalue weighted by Gasteiger charge is -2.16. The van der Waals surface area contributed by atoms with Crippen LogP contribution in [0.3, 0.4) is 0 Å². The van der Waals surface area contributed by atoms with Gasteiger partial charge in [0.1, 0.15) is 16.1 Å². The molecule has 0 amide bonds. The van der Waals surface area contributed by atoms with Crippen LogP contribution in [0.4, 0.5) is 13.2 Å². The molecular weight excluding hydrogens is 589 g/mol. The van der Waals surface area contributed by atoms with E-state index in [-0.39, 0.29) is 22.5 Å². The van der Waals surface area contributed by atoms with Crippen molar-refractivity contribution in [1.82, 2.24) is 9.88 Å². The molecule has 0 unspecified atom stereocenters. The number of carbonyl (C=O) groups excluding carboxylic acids is 1. The average Bonchev–Trinajstić information content (AvgIpc) is 3.44. The Kier molecular flexibility index (Phi) is 9.89. The Bertz CT molecular complexity index is 1680. The molecule has 1 N–H and O–H groups in total. The number of aryl methyl sites for hydroxylation is 3. The van der Waals surface area contributed by atoms with Crippen LogP contribution in [-0.4, -0.2) is 43.9 Å². The number of fused-ring (bicyclic) bond motifs is 2. The van der Waals surface area contributed by atoms with Gasteiger partial charge in [0.05, 0.1) is 16.8 Å². The number of hydrogen-bond donors (Lipinski definition) is 1. The van der Waals surface area contributed by atoms with E-state index in [1.54, 1.807) is 6.92 Å². The van der Waals surface area contributed by atoms with Crippen molar-refractivity contribution in [2.75, 3.05) is 18.8 Å². The van der Waals surface area contributed by atoms with Gasteiger partial charge in [0.25, 0.3) is 0 Å². The Morgan fingerprint density at radius 2 is 1.93 bits per heavy atom. The standard InChI is InChI=1S/C30H35F3N2O5S2/c1-4-13-35-18-21(6-11-28(36)37)24-9-8-23(16-26(24)35)40-19(2)17-34-12-5-14-42(38,39)29-20(3)25-15-22(30(31,32)33)7-10-27(25)41-29/h7-10,15-16,18-19,34H,4-6,11-14,17H2,1-3H3,(H,36,37)/p-1/t19-/m1/s1. The number of thiophene rings is 1. The van der Waals surface area contributed by atoms with Crippen LogP contribution in [-0.2, 0) is 33.8 Å². The minimum Gasteiger partial charge on any atom is -0.550 e. The molecule has 12 heteroatoms. The number of rotatable bonds is 14. The summed E-state index contributed by atoms with van der Waals surface area (Å²) >= 11 is 1.00. The second-order valence-corrected chi connectivity index (χ2v) is 13.8. The van der Waals surface area contributed by atoms with E-state index in [1.807, 2.05) is 31.3 Å². The molecule has 0 aliphatic heterocycles. The topological polar surface area (TPSA) is 100 Å². The van der Waals surface area contributed by atoms with Crippen LogP contribution in [0.25, 0.3) is 21.0 Å². The quantitative estimate of drug-likeness (QED) is 0.186. The molecule has 0 spiro atoms. The molecule has 0 aliphatic rings. The molecule has 0 saturated carbocycles. The van der Waals surface area contributed by atoms with Crippen molar-refractivity contribution >= 4 is 48.1 Å². The van der Waals surface area contributed by atoms with Crippen LogP contribution < -0.4 is 15.2 Å². The average molecular weight is 624 g/mol. The number of halogens is 3. The molecule has 0 aliphatic carbocycles. The number of aromatic nitrogens is 1. The fourth-order valence-electron chi connectivity index (χ4n) is 5.01. The highest BCUT2D eigenvalue weighted by Crippen LogP contribution is 2.38. The van der Waals surface area contributed by atoms with Crippen molar-refractivity contribution < 1.29 is 36.2 Å². The fourth-order valence-corrected chi connectivity index (χ4v) is 8.25. The van der Waals surface area contributed by atoms with Crippen LogP contribution >= 0.6 is 11.3 Å². The summed E-state index contributed by atoms with van der Waals surface area (Å²) in [7, 11) is -3.66. The number of carbonyl (C=O) groups is 1. The third kappa shape index (κ3) is 7.45. The zero-order valence-corrected chi connectivity index (χ0v) is 25.3. The normalized spacial score (nSPS) is 13.2. The zero-order chi connectivity index (χ0) is 30.7. The number of benzene rings is 2. The number of carboxylic acid groups (broad SMARTS) is 1. The van der Waals surface area contributed by atoms with Gasteiger partial charge in [0.2, 0.25) is 0 Å². The van der Waals surface area contributed by atoms with Gasteiger partial charge in [-0.1, -0.05) is 6.92 Å². The van der Waals surface area contributed by atoms with Gasteiger partial charge in [-0.2, -0.15) is 13.2 Å². The van der Waals surface area contributed by atoms with Crippen LogP contribution in [0.5, 0.6) is 5.75 Å². The monoisotopic (exact) mass is 623 g/mol. The predicted octanol–water partition coefficient (Wildman–Crippen LogP) is 5.50. The molecule has 0 bridgehead atoms. The SMILES string of the molecule is CCCn1cc(CCC(=O)[O-])c2ccc(O[C@H](C)CNCCCS(=O)(=O)c3sc4ccc(C(F)(F)F)cc4c3C)cc21. The Morgan fingerprint density at radius 3 is 2.62 bits per heavy atom. The van der Waals surface area contributed by atoms with E-state index in [0.717, 1.165) is 52.9 Å². The van der Waals surface area contributed by atoms with Gasteiger partial charge >= 0.3 is 6.18 Å². The lowest BCUT2D eigenvalue weighted by atomic mass is 10.1. The van der Waals surface area contributed by atoms with Crippen molar-refractivity contribution in [2.24, 2.45) is 0 Å². The van der Waals surface area contributed by atoms with E-state index in [1.165, 1.54) is 6.07 Å². The summed E-state index contributed by atoms with van der Waals surface area (Å²) in [5.74, 6) is -0.529. The van der Waals surface area contributed by atoms with Crippen LogP contribution in [0.1, 0.15) is 49.8 Å². The van der Waals surface area contributed by atoms with Gasteiger partial charge in [-0.25, -0.2) is 8.42 Å². The third-order valence-electron chi connectivity index (χ3n) is 7.04. The number of carboxylic acids is 1. The largest absolute Gasteiger partial charge is 0.550 e. The summed E-state index contributed by atoms with van der Waals surface area (Å²) in [5.41, 5.74) is 1.48. The van der Waals surface area contributed by atoms with E-state index < -0.39 is 27.5 Å². The zero-order valence-electron chi connectivity index (χ0n) is 23.7. The first-order valence-corrected chi connectivity index (χ1v) is 16.3. The van der Waals surface area contributed by atoms with Crippen molar-refractivity contribution in [1.29, 1.82) is 0 Å². The molecule has 42 heavy (non-hydrogen) atoms. The second-order valence-electron chi connectivity index (χ2n) is 10.4. The van der Waals surface area contributed by atoms with Crippen molar-refractivity contribution in [3.05, 3.63) is 59.3 Å². The Labute approximate surface area is 247 Å². The van der Waals surface area contributed by atoms with Gasteiger partial charge in [0.15, 0.2) is 9.84 Å². The number of aliphatic carboxylic acids is 1. The molecule has 2 aromatic carbocycles. The van der Waals surface area contributed by atoms with E-state index >= 15 is 0 Å². The van der Waals surface area contributed by atoms with Gasteiger partial charge < -0.3 is 24.5 Å². The van der Waals surface area contributed by atoms with E-state index in [4.69, 9.17) is 4.74 Å². The van der Waals surface area contributed by atoms with Gasteiger partial charge in [0, 0.05) is 41.4 Å². The minimum absolute atomic E-state index is 0.0417. The van der Waals surface area contributed by atoms with Gasteiger partial charge in [-0.3, -0.25) is 0 Å². The summed E-state index contributed by atoms with van der Waals surface area (Å²) in [6.07, 6.45) is -1.10. The Morgan fingerprint density at radius 1 is 1.17 bits per heavy atom. The summed E-state index contributed by atoms with van der Waals surface area (Å²) in [4.78, 5) is 10.9. The number of ether oxygens (including phenoxy) is 1. The first-order chi connectivity index (χ1) is 19.8. The highest BCUT2D eigenvalue weighted by molar-refractivity contribution is 7.93. The highest BCUT2D eigenvalue weighted by atomic mass is 32.2. The molecular formula is C30H34F3N2O5S2-. The molecule has 228 valence electrons. The van der Waals surface area contributed by atoms with E-state index in [9.17, 15) is 31.5 Å². The molecule has 7 nitrogen and oxygen atoms in total. The summed E-state index contributed by atoms with van der Waals surface area (Å²) < 4.78 is 74.1. The maximum Gasteiger partial charge on any atom is 0.416 e. The number of hydrogen-bond acceptors (Lipinski definition) is 7. The first-order valence-electron chi connectivity index (χ1n) is 13.8. The van der Waals surface area contributed by atoms with Crippen molar-refractivity contribution in [3.63, 3.8) is 0 Å². The van der Waals surface area contributed by atoms with Gasteiger partial charge in [-0.15, -0.1) is 11.3 Å². The first kappa shape index (κ1) is 31.8. The molecule has 4 rings (SSSR count). The molecule has 0 saturated heterocycles. The lowest BCUT2D eigenvalue weighted by Crippen LogP contribution is -2.30. The smallest absolute Gasteiger partial charge is 0.416 e. The predicted molar refractivity (Wildman–Crippen MR) is 157 cm³/mol. The third-order valence-corrected chi connectivity index (χ3v) is 10.8. The summed E-state index contributed by atoms with van der Waals surface area (Å²) in [6, 6.07) is 9.05. The lowest BCUT2D eigenvalue weighted by molar-refractivity contribution is -0.305. The van der Waals surface area contributed by atoms with Crippen LogP contribution in [0.2, 0.25) is 0 Å². The minimum atomic E-state index is -4.49.